The first-order valence-electron chi connectivity index (χ1n) is 6.53. The van der Waals surface area contributed by atoms with E-state index in [1.165, 1.54) is 0 Å². The van der Waals surface area contributed by atoms with E-state index in [0.29, 0.717) is 37.8 Å². The van der Waals surface area contributed by atoms with Crippen LogP contribution in [0.25, 0.3) is 0 Å². The van der Waals surface area contributed by atoms with Gasteiger partial charge in [-0.05, 0) is 12.3 Å². The van der Waals surface area contributed by atoms with Gasteiger partial charge < -0.3 is 9.88 Å². The van der Waals surface area contributed by atoms with Gasteiger partial charge in [-0.3, -0.25) is 4.79 Å². The Hall–Kier alpha value is -1.41. The predicted molar refractivity (Wildman–Crippen MR) is 79.3 cm³/mol. The molecular formula is C12H22N4O3S. The zero-order valence-corrected chi connectivity index (χ0v) is 12.9. The lowest BCUT2D eigenvalue weighted by Crippen LogP contribution is -2.28. The highest BCUT2D eigenvalue weighted by atomic mass is 32.2. The Balaban J connectivity index is 2.50. The maximum absolute atomic E-state index is 12.1. The van der Waals surface area contributed by atoms with Crippen LogP contribution >= 0.6 is 0 Å². The van der Waals surface area contributed by atoms with Crippen LogP contribution in [-0.2, 0) is 16.6 Å². The zero-order chi connectivity index (χ0) is 15.2. The molecule has 1 aromatic rings. The molecule has 0 atom stereocenters. The molecule has 0 bridgehead atoms. The Labute approximate surface area is 119 Å². The van der Waals surface area contributed by atoms with Crippen LogP contribution in [0.15, 0.2) is 17.2 Å². The molecule has 0 saturated carbocycles. The zero-order valence-electron chi connectivity index (χ0n) is 12.1. The number of anilines is 1. The quantitative estimate of drug-likeness (QED) is 0.672. The maximum atomic E-state index is 12.1. The fourth-order valence-electron chi connectivity index (χ4n) is 1.66. The molecule has 0 fully saturated rings. The minimum Gasteiger partial charge on any atom is -0.365 e. The Kier molecular flexibility index (Phi) is 6.15. The lowest BCUT2D eigenvalue weighted by Gasteiger charge is -2.10. The van der Waals surface area contributed by atoms with Crippen molar-refractivity contribution < 1.29 is 8.42 Å². The number of aromatic nitrogens is 2. The van der Waals surface area contributed by atoms with E-state index in [0.717, 1.165) is 6.26 Å². The number of hydrogen-bond acceptors (Lipinski definition) is 5. The van der Waals surface area contributed by atoms with Crippen LogP contribution in [0.5, 0.6) is 0 Å². The van der Waals surface area contributed by atoms with Crippen molar-refractivity contribution in [2.75, 3.05) is 24.7 Å². The Bertz CT molecular complexity index is 581. The van der Waals surface area contributed by atoms with Crippen LogP contribution in [-0.4, -0.2) is 37.3 Å². The van der Waals surface area contributed by atoms with E-state index < -0.39 is 10.0 Å². The average molecular weight is 302 g/mol. The van der Waals surface area contributed by atoms with Crippen molar-refractivity contribution in [3.05, 3.63) is 22.7 Å². The van der Waals surface area contributed by atoms with Crippen molar-refractivity contribution in [1.82, 2.24) is 14.3 Å². The number of rotatable bonds is 8. The molecule has 0 radical (unpaired) electrons. The number of nitrogens with zero attached hydrogens (tertiary/aromatic N) is 2. The molecule has 20 heavy (non-hydrogen) atoms. The molecule has 1 heterocycles. The number of hydrogen-bond donors (Lipinski definition) is 2. The maximum Gasteiger partial charge on any atom is 0.293 e. The number of nitrogens with one attached hydrogen (secondary N) is 2. The smallest absolute Gasteiger partial charge is 0.293 e. The van der Waals surface area contributed by atoms with E-state index in [2.05, 4.69) is 15.0 Å². The minimum atomic E-state index is -3.16. The molecule has 0 aliphatic carbocycles. The summed E-state index contributed by atoms with van der Waals surface area (Å²) in [5.41, 5.74) is -0.155. The molecule has 0 unspecified atom stereocenters. The molecule has 8 heteroatoms. The normalized spacial score (nSPS) is 11.8. The molecule has 0 spiro atoms. The van der Waals surface area contributed by atoms with Gasteiger partial charge in [0, 0.05) is 32.0 Å². The highest BCUT2D eigenvalue weighted by molar-refractivity contribution is 7.88. The second-order valence-electron chi connectivity index (χ2n) is 5.07. The third-order valence-electron chi connectivity index (χ3n) is 2.49. The molecule has 7 nitrogen and oxygen atoms in total. The standard InChI is InChI=1S/C12H22N4O3S/c1-10(2)9-16-8-7-14-11(12(16)17)13-5-4-6-15-20(3,18)19/h7-8,10,15H,4-6,9H2,1-3H3,(H,13,14). The highest BCUT2D eigenvalue weighted by Crippen LogP contribution is 1.98. The first kappa shape index (κ1) is 16.6. The lowest BCUT2D eigenvalue weighted by molar-refractivity contribution is 0.509. The van der Waals surface area contributed by atoms with Crippen molar-refractivity contribution in [2.45, 2.75) is 26.8 Å². The summed E-state index contributed by atoms with van der Waals surface area (Å²) in [4.78, 5) is 16.1. The SMILES string of the molecule is CC(C)Cn1ccnc(NCCCNS(C)(=O)=O)c1=O. The topological polar surface area (TPSA) is 93.1 Å². The van der Waals surface area contributed by atoms with Gasteiger partial charge in [-0.15, -0.1) is 0 Å². The van der Waals surface area contributed by atoms with Gasteiger partial charge in [-0.1, -0.05) is 13.8 Å². The van der Waals surface area contributed by atoms with E-state index in [1.54, 1.807) is 17.0 Å². The predicted octanol–water partition coefficient (Wildman–Crippen LogP) is 0.251. The first-order chi connectivity index (χ1) is 9.29. The van der Waals surface area contributed by atoms with E-state index in [-0.39, 0.29) is 5.56 Å². The van der Waals surface area contributed by atoms with Crippen LogP contribution in [0.2, 0.25) is 0 Å². The van der Waals surface area contributed by atoms with Crippen LogP contribution in [0.3, 0.4) is 0 Å². The molecule has 0 amide bonds. The largest absolute Gasteiger partial charge is 0.365 e. The van der Waals surface area contributed by atoms with Gasteiger partial charge in [0.25, 0.3) is 5.56 Å². The summed E-state index contributed by atoms with van der Waals surface area (Å²) in [6, 6.07) is 0. The van der Waals surface area contributed by atoms with Crippen molar-refractivity contribution in [3.8, 4) is 0 Å². The van der Waals surface area contributed by atoms with Gasteiger partial charge >= 0.3 is 0 Å². The second kappa shape index (κ2) is 7.39. The fourth-order valence-corrected chi connectivity index (χ4v) is 2.17. The molecule has 1 aromatic heterocycles. The summed E-state index contributed by atoms with van der Waals surface area (Å²) in [6.07, 6.45) is 4.94. The second-order valence-corrected chi connectivity index (χ2v) is 6.91. The molecule has 0 saturated heterocycles. The molecular weight excluding hydrogens is 280 g/mol. The van der Waals surface area contributed by atoms with Crippen molar-refractivity contribution in [1.29, 1.82) is 0 Å². The van der Waals surface area contributed by atoms with Gasteiger partial charge in [-0.25, -0.2) is 18.1 Å². The summed E-state index contributed by atoms with van der Waals surface area (Å²) in [6.45, 7) is 5.54. The molecule has 0 aromatic carbocycles. The average Bonchev–Trinajstić information content (AvgIpc) is 2.31. The van der Waals surface area contributed by atoms with Gasteiger partial charge in [-0.2, -0.15) is 0 Å². The Morgan fingerprint density at radius 3 is 2.65 bits per heavy atom. The first-order valence-corrected chi connectivity index (χ1v) is 8.42. The highest BCUT2D eigenvalue weighted by Gasteiger charge is 2.05. The summed E-state index contributed by atoms with van der Waals surface area (Å²) >= 11 is 0. The van der Waals surface area contributed by atoms with Crippen LogP contribution < -0.4 is 15.6 Å². The van der Waals surface area contributed by atoms with Crippen molar-refractivity contribution in [3.63, 3.8) is 0 Å². The van der Waals surface area contributed by atoms with Crippen molar-refractivity contribution >= 4 is 15.8 Å². The van der Waals surface area contributed by atoms with Gasteiger partial charge in [0.2, 0.25) is 10.0 Å². The summed E-state index contributed by atoms with van der Waals surface area (Å²) in [5.74, 6) is 0.675. The monoisotopic (exact) mass is 302 g/mol. The molecule has 0 aliphatic heterocycles. The summed E-state index contributed by atoms with van der Waals surface area (Å²) in [5, 5.41) is 2.93. The van der Waals surface area contributed by atoms with Crippen molar-refractivity contribution in [2.24, 2.45) is 5.92 Å². The molecule has 114 valence electrons. The Morgan fingerprint density at radius 1 is 1.35 bits per heavy atom. The van der Waals surface area contributed by atoms with Gasteiger partial charge in [0.1, 0.15) is 0 Å². The van der Waals surface area contributed by atoms with Crippen LogP contribution in [0, 0.1) is 5.92 Å². The van der Waals surface area contributed by atoms with Gasteiger partial charge in [0.05, 0.1) is 6.26 Å². The lowest BCUT2D eigenvalue weighted by atomic mass is 10.2. The van der Waals surface area contributed by atoms with Gasteiger partial charge in [0.15, 0.2) is 5.82 Å². The third kappa shape index (κ3) is 6.16. The molecule has 1 rings (SSSR count). The van der Waals surface area contributed by atoms with E-state index in [4.69, 9.17) is 0 Å². The van der Waals surface area contributed by atoms with Crippen LogP contribution in [0.4, 0.5) is 5.82 Å². The summed E-state index contributed by atoms with van der Waals surface area (Å²) in [7, 11) is -3.16. The number of sulfonamides is 1. The van der Waals surface area contributed by atoms with Crippen LogP contribution in [0.1, 0.15) is 20.3 Å². The van der Waals surface area contributed by atoms with E-state index in [9.17, 15) is 13.2 Å². The third-order valence-corrected chi connectivity index (χ3v) is 3.21. The van der Waals surface area contributed by atoms with E-state index in [1.807, 2.05) is 13.8 Å². The fraction of sp³-hybridized carbons (Fsp3) is 0.667. The van der Waals surface area contributed by atoms with E-state index >= 15 is 0 Å². The molecule has 0 aliphatic rings. The minimum absolute atomic E-state index is 0.155. The molecule has 2 N–H and O–H groups in total. The Morgan fingerprint density at radius 2 is 2.05 bits per heavy atom. The summed E-state index contributed by atoms with van der Waals surface area (Å²) < 4.78 is 25.7.